The number of pyridine rings is 1. The second-order valence-electron chi connectivity index (χ2n) is 6.71. The number of H-pyrrole nitrogens is 2. The van der Waals surface area contributed by atoms with E-state index in [4.69, 9.17) is 4.74 Å². The smallest absolute Gasteiger partial charge is 0.251 e. The molecule has 4 aromatic rings. The SMILES string of the molecule is COc1ccc2cc(CCC(=O)NCc3c[nH]c4ccccc34)c(=O)[nH]c2c1. The minimum absolute atomic E-state index is 0.0838. The molecule has 2 heterocycles. The number of fused-ring (bicyclic) bond motifs is 2. The minimum atomic E-state index is -0.176. The van der Waals surface area contributed by atoms with Crippen LogP contribution in [0.25, 0.3) is 21.8 Å². The van der Waals surface area contributed by atoms with Crippen LogP contribution in [-0.4, -0.2) is 23.0 Å². The molecule has 1 amide bonds. The Hall–Kier alpha value is -3.54. The highest BCUT2D eigenvalue weighted by Crippen LogP contribution is 2.19. The van der Waals surface area contributed by atoms with Crippen LogP contribution < -0.4 is 15.6 Å². The van der Waals surface area contributed by atoms with Crippen LogP contribution in [0.15, 0.2) is 59.5 Å². The zero-order valence-corrected chi connectivity index (χ0v) is 15.5. The van der Waals surface area contributed by atoms with Crippen molar-refractivity contribution in [2.45, 2.75) is 19.4 Å². The van der Waals surface area contributed by atoms with E-state index < -0.39 is 0 Å². The Labute approximate surface area is 161 Å². The lowest BCUT2D eigenvalue weighted by atomic mass is 10.1. The quantitative estimate of drug-likeness (QED) is 0.483. The third-order valence-corrected chi connectivity index (χ3v) is 4.90. The summed E-state index contributed by atoms with van der Waals surface area (Å²) in [5.41, 5.74) is 3.23. The molecular formula is C22H21N3O3. The molecule has 0 radical (unpaired) electrons. The van der Waals surface area contributed by atoms with E-state index in [0.717, 1.165) is 27.4 Å². The van der Waals surface area contributed by atoms with Crippen molar-refractivity contribution in [3.8, 4) is 5.75 Å². The van der Waals surface area contributed by atoms with Gasteiger partial charge in [-0.25, -0.2) is 0 Å². The van der Waals surface area contributed by atoms with Gasteiger partial charge < -0.3 is 20.0 Å². The Morgan fingerprint density at radius 2 is 1.93 bits per heavy atom. The number of benzene rings is 2. The standard InChI is InChI=1S/C22H21N3O3/c1-28-17-8-6-14-10-15(22(27)25-20(14)11-17)7-9-21(26)24-13-16-12-23-19-5-3-2-4-18(16)19/h2-6,8,10-12,23H,7,9,13H2,1H3,(H,24,26)(H,25,27). The molecule has 0 atom stereocenters. The molecule has 0 fully saturated rings. The van der Waals surface area contributed by atoms with Crippen LogP contribution in [0.2, 0.25) is 0 Å². The van der Waals surface area contributed by atoms with Gasteiger partial charge in [-0.2, -0.15) is 0 Å². The van der Waals surface area contributed by atoms with E-state index in [9.17, 15) is 9.59 Å². The van der Waals surface area contributed by atoms with E-state index in [-0.39, 0.29) is 17.9 Å². The Morgan fingerprint density at radius 3 is 2.79 bits per heavy atom. The number of carbonyl (C=O) groups excluding carboxylic acids is 1. The molecule has 0 aliphatic carbocycles. The third-order valence-electron chi connectivity index (χ3n) is 4.90. The van der Waals surface area contributed by atoms with E-state index in [0.29, 0.717) is 24.3 Å². The van der Waals surface area contributed by atoms with Gasteiger partial charge in [0.1, 0.15) is 5.75 Å². The van der Waals surface area contributed by atoms with Gasteiger partial charge in [-0.3, -0.25) is 9.59 Å². The number of carbonyl (C=O) groups is 1. The number of aryl methyl sites for hydroxylation is 1. The predicted octanol–water partition coefficient (Wildman–Crippen LogP) is 3.27. The van der Waals surface area contributed by atoms with Crippen LogP contribution in [0.5, 0.6) is 5.75 Å². The van der Waals surface area contributed by atoms with E-state index in [1.54, 1.807) is 13.2 Å². The summed E-state index contributed by atoms with van der Waals surface area (Å²) in [4.78, 5) is 30.6. The molecule has 142 valence electrons. The summed E-state index contributed by atoms with van der Waals surface area (Å²) >= 11 is 0. The van der Waals surface area contributed by atoms with Crippen LogP contribution >= 0.6 is 0 Å². The van der Waals surface area contributed by atoms with Crippen LogP contribution in [0.3, 0.4) is 0 Å². The van der Waals surface area contributed by atoms with E-state index in [2.05, 4.69) is 15.3 Å². The molecule has 0 spiro atoms. The van der Waals surface area contributed by atoms with Crippen molar-refractivity contribution in [3.05, 3.63) is 76.2 Å². The fraction of sp³-hybridized carbons (Fsp3) is 0.182. The Morgan fingerprint density at radius 1 is 1.07 bits per heavy atom. The van der Waals surface area contributed by atoms with Crippen LogP contribution in [0.4, 0.5) is 0 Å². The van der Waals surface area contributed by atoms with Gasteiger partial charge in [0.2, 0.25) is 5.91 Å². The maximum Gasteiger partial charge on any atom is 0.251 e. The summed E-state index contributed by atoms with van der Waals surface area (Å²) in [5, 5.41) is 4.94. The van der Waals surface area contributed by atoms with Crippen molar-refractivity contribution in [2.24, 2.45) is 0 Å². The molecule has 28 heavy (non-hydrogen) atoms. The van der Waals surface area contributed by atoms with Crippen molar-refractivity contribution >= 4 is 27.7 Å². The van der Waals surface area contributed by atoms with Crippen LogP contribution in [0, 0.1) is 0 Å². The number of hydrogen-bond acceptors (Lipinski definition) is 3. The van der Waals surface area contributed by atoms with Crippen LogP contribution in [0.1, 0.15) is 17.5 Å². The van der Waals surface area contributed by atoms with Crippen molar-refractivity contribution in [1.29, 1.82) is 0 Å². The van der Waals surface area contributed by atoms with Gasteiger partial charge in [-0.15, -0.1) is 0 Å². The van der Waals surface area contributed by atoms with Crippen molar-refractivity contribution in [2.75, 3.05) is 7.11 Å². The highest BCUT2D eigenvalue weighted by molar-refractivity contribution is 5.84. The lowest BCUT2D eigenvalue weighted by molar-refractivity contribution is -0.121. The van der Waals surface area contributed by atoms with Crippen molar-refractivity contribution < 1.29 is 9.53 Å². The summed E-state index contributed by atoms with van der Waals surface area (Å²) in [5.74, 6) is 0.604. The maximum absolute atomic E-state index is 12.3. The number of aromatic nitrogens is 2. The van der Waals surface area contributed by atoms with Gasteiger partial charge in [-0.05, 0) is 41.6 Å². The summed E-state index contributed by atoms with van der Waals surface area (Å²) in [7, 11) is 1.59. The van der Waals surface area contributed by atoms with Crippen LogP contribution in [-0.2, 0) is 17.8 Å². The Kier molecular flexibility index (Phi) is 4.85. The molecule has 0 saturated carbocycles. The maximum atomic E-state index is 12.3. The largest absolute Gasteiger partial charge is 0.497 e. The lowest BCUT2D eigenvalue weighted by Crippen LogP contribution is -2.24. The summed E-state index contributed by atoms with van der Waals surface area (Å²) in [6.07, 6.45) is 2.55. The predicted molar refractivity (Wildman–Crippen MR) is 110 cm³/mol. The molecule has 3 N–H and O–H groups in total. The molecule has 2 aromatic heterocycles. The number of methoxy groups -OCH3 is 1. The molecule has 0 aliphatic heterocycles. The van der Waals surface area contributed by atoms with Crippen molar-refractivity contribution in [3.63, 3.8) is 0 Å². The number of hydrogen-bond donors (Lipinski definition) is 3. The first-order valence-corrected chi connectivity index (χ1v) is 9.15. The number of rotatable bonds is 6. The number of ether oxygens (including phenoxy) is 1. The first-order valence-electron chi connectivity index (χ1n) is 9.15. The van der Waals surface area contributed by atoms with E-state index in [1.165, 1.54) is 0 Å². The Bertz CT molecular complexity index is 1210. The number of para-hydroxylation sites is 1. The fourth-order valence-corrected chi connectivity index (χ4v) is 3.35. The number of nitrogens with one attached hydrogen (secondary N) is 3. The summed E-state index contributed by atoms with van der Waals surface area (Å²) < 4.78 is 5.18. The van der Waals surface area contributed by atoms with E-state index >= 15 is 0 Å². The summed E-state index contributed by atoms with van der Waals surface area (Å²) in [6.45, 7) is 0.455. The molecule has 6 nitrogen and oxygen atoms in total. The molecule has 0 bridgehead atoms. The van der Waals surface area contributed by atoms with Gasteiger partial charge in [0.25, 0.3) is 5.56 Å². The van der Waals surface area contributed by atoms with Gasteiger partial charge >= 0.3 is 0 Å². The Balaban J connectivity index is 1.40. The van der Waals surface area contributed by atoms with Gasteiger partial charge in [0, 0.05) is 41.7 Å². The number of aromatic amines is 2. The van der Waals surface area contributed by atoms with Gasteiger partial charge in [0.15, 0.2) is 0 Å². The molecule has 0 aliphatic rings. The first-order chi connectivity index (χ1) is 13.6. The third kappa shape index (κ3) is 3.62. The highest BCUT2D eigenvalue weighted by atomic mass is 16.5. The molecule has 6 heteroatoms. The molecule has 2 aromatic carbocycles. The summed E-state index contributed by atoms with van der Waals surface area (Å²) in [6, 6.07) is 15.3. The lowest BCUT2D eigenvalue weighted by Gasteiger charge is -2.07. The van der Waals surface area contributed by atoms with Gasteiger partial charge in [0.05, 0.1) is 12.6 Å². The zero-order chi connectivity index (χ0) is 19.5. The van der Waals surface area contributed by atoms with Crippen molar-refractivity contribution in [1.82, 2.24) is 15.3 Å². The fourth-order valence-electron chi connectivity index (χ4n) is 3.35. The molecular weight excluding hydrogens is 354 g/mol. The topological polar surface area (TPSA) is 87.0 Å². The average molecular weight is 375 g/mol. The molecule has 0 saturated heterocycles. The minimum Gasteiger partial charge on any atom is -0.497 e. The van der Waals surface area contributed by atoms with E-state index in [1.807, 2.05) is 48.7 Å². The molecule has 0 unspecified atom stereocenters. The normalized spacial score (nSPS) is 11.0. The monoisotopic (exact) mass is 375 g/mol. The second kappa shape index (κ2) is 7.60. The highest BCUT2D eigenvalue weighted by Gasteiger charge is 2.09. The average Bonchev–Trinajstić information content (AvgIpc) is 3.13. The molecule has 4 rings (SSSR count). The van der Waals surface area contributed by atoms with Gasteiger partial charge in [-0.1, -0.05) is 18.2 Å². The zero-order valence-electron chi connectivity index (χ0n) is 15.5. The first kappa shape index (κ1) is 17.9. The second-order valence-corrected chi connectivity index (χ2v) is 6.71. The number of amides is 1.